The molecule has 2 heterocycles. The van der Waals surface area contributed by atoms with E-state index in [1.165, 1.54) is 0 Å². The van der Waals surface area contributed by atoms with Gasteiger partial charge < -0.3 is 4.74 Å². The van der Waals surface area contributed by atoms with Gasteiger partial charge in [-0.15, -0.1) is 0 Å². The quantitative estimate of drug-likeness (QED) is 0.642. The average molecular weight is 352 g/mol. The minimum atomic E-state index is -4.67. The molecule has 2 aromatic heterocycles. The summed E-state index contributed by atoms with van der Waals surface area (Å²) in [4.78, 5) is 8.61. The first-order valence-electron chi connectivity index (χ1n) is 6.50. The van der Waals surface area contributed by atoms with Crippen molar-refractivity contribution in [1.29, 1.82) is 0 Å². The van der Waals surface area contributed by atoms with Crippen molar-refractivity contribution in [3.63, 3.8) is 0 Å². The first kappa shape index (κ1) is 18.6. The van der Waals surface area contributed by atoms with Gasteiger partial charge in [0.25, 0.3) is 0 Å². The van der Waals surface area contributed by atoms with E-state index in [0.717, 1.165) is 17.8 Å². The fourth-order valence-electron chi connectivity index (χ4n) is 1.68. The maximum absolute atomic E-state index is 8.74. The number of halogens is 1. The van der Waals surface area contributed by atoms with Crippen LogP contribution in [0.15, 0.2) is 12.3 Å². The van der Waals surface area contributed by atoms with E-state index in [0.29, 0.717) is 23.7 Å². The monoisotopic (exact) mass is 351 g/mol. The molecule has 0 aliphatic heterocycles. The van der Waals surface area contributed by atoms with Crippen molar-refractivity contribution < 1.29 is 22.3 Å². The standard InChI is InChI=1S/C12H16ClN3O.H2O4S/c1-4-5-17-12-15-10(13)6-9-7-14-11(8(2)3)16(9)12;1-5(2,3)4/h6-8H,4-5H2,1-3H3;(H2,1,2,3,4). The molecule has 0 aliphatic carbocycles. The zero-order valence-corrected chi connectivity index (χ0v) is 14.0. The van der Waals surface area contributed by atoms with Gasteiger partial charge in [-0.05, 0) is 6.42 Å². The van der Waals surface area contributed by atoms with E-state index in [4.69, 9.17) is 33.9 Å². The summed E-state index contributed by atoms with van der Waals surface area (Å²) >= 11 is 5.96. The summed E-state index contributed by atoms with van der Waals surface area (Å²) in [5.41, 5.74) is 0.916. The summed E-state index contributed by atoms with van der Waals surface area (Å²) < 4.78 is 39.1. The van der Waals surface area contributed by atoms with Gasteiger partial charge in [0, 0.05) is 12.0 Å². The highest BCUT2D eigenvalue weighted by Gasteiger charge is 2.14. The van der Waals surface area contributed by atoms with Crippen LogP contribution in [-0.4, -0.2) is 38.5 Å². The molecule has 0 spiro atoms. The van der Waals surface area contributed by atoms with E-state index in [2.05, 4.69) is 30.7 Å². The van der Waals surface area contributed by atoms with Gasteiger partial charge in [-0.2, -0.15) is 13.4 Å². The van der Waals surface area contributed by atoms with Gasteiger partial charge in [-0.1, -0.05) is 32.4 Å². The molecule has 0 bridgehead atoms. The Kier molecular flexibility index (Phi) is 6.54. The molecular weight excluding hydrogens is 334 g/mol. The van der Waals surface area contributed by atoms with Crippen molar-refractivity contribution in [3.8, 4) is 6.01 Å². The Morgan fingerprint density at radius 2 is 2.00 bits per heavy atom. The molecule has 8 nitrogen and oxygen atoms in total. The van der Waals surface area contributed by atoms with Crippen LogP contribution in [0.2, 0.25) is 5.15 Å². The van der Waals surface area contributed by atoms with E-state index in [1.54, 1.807) is 12.3 Å². The molecule has 0 atom stereocenters. The number of hydrogen-bond acceptors (Lipinski definition) is 5. The van der Waals surface area contributed by atoms with E-state index in [9.17, 15) is 0 Å². The second-order valence-electron chi connectivity index (χ2n) is 4.69. The lowest BCUT2D eigenvalue weighted by Gasteiger charge is -2.10. The normalized spacial score (nSPS) is 11.4. The Morgan fingerprint density at radius 3 is 2.50 bits per heavy atom. The summed E-state index contributed by atoms with van der Waals surface area (Å²) in [5.74, 6) is 1.25. The van der Waals surface area contributed by atoms with Crippen molar-refractivity contribution in [1.82, 2.24) is 14.4 Å². The van der Waals surface area contributed by atoms with Gasteiger partial charge >= 0.3 is 16.4 Å². The maximum atomic E-state index is 8.74. The van der Waals surface area contributed by atoms with Crippen LogP contribution in [0.1, 0.15) is 38.9 Å². The number of nitrogens with zero attached hydrogens (tertiary/aromatic N) is 3. The second kappa shape index (κ2) is 7.73. The number of hydrogen-bond donors (Lipinski definition) is 2. The van der Waals surface area contributed by atoms with E-state index >= 15 is 0 Å². The van der Waals surface area contributed by atoms with E-state index in [-0.39, 0.29) is 0 Å². The summed E-state index contributed by atoms with van der Waals surface area (Å²) in [7, 11) is -4.67. The molecule has 0 saturated carbocycles. The largest absolute Gasteiger partial charge is 0.464 e. The summed E-state index contributed by atoms with van der Waals surface area (Å²) in [6, 6.07) is 2.31. The first-order chi connectivity index (χ1) is 10.1. The Hall–Kier alpha value is -1.42. The molecular formula is C12H18ClN3O5S. The van der Waals surface area contributed by atoms with E-state index < -0.39 is 10.4 Å². The lowest BCUT2D eigenvalue weighted by molar-refractivity contribution is 0.286. The smallest absolute Gasteiger partial charge is 0.394 e. The van der Waals surface area contributed by atoms with Crippen molar-refractivity contribution >= 4 is 27.5 Å². The summed E-state index contributed by atoms with van der Waals surface area (Å²) in [6.45, 7) is 6.86. The zero-order chi connectivity index (χ0) is 16.9. The number of fused-ring (bicyclic) bond motifs is 1. The molecule has 0 radical (unpaired) electrons. The predicted octanol–water partition coefficient (Wildman–Crippen LogP) is 2.64. The van der Waals surface area contributed by atoms with Crippen LogP contribution in [0.4, 0.5) is 0 Å². The molecule has 22 heavy (non-hydrogen) atoms. The van der Waals surface area contributed by atoms with Crippen LogP contribution in [0.3, 0.4) is 0 Å². The first-order valence-corrected chi connectivity index (χ1v) is 8.27. The highest BCUT2D eigenvalue weighted by atomic mass is 35.5. The second-order valence-corrected chi connectivity index (χ2v) is 5.97. The van der Waals surface area contributed by atoms with Crippen molar-refractivity contribution in [3.05, 3.63) is 23.2 Å². The molecule has 2 aromatic rings. The van der Waals surface area contributed by atoms with Crippen molar-refractivity contribution in [2.45, 2.75) is 33.1 Å². The Labute approximate surface area is 133 Å². The van der Waals surface area contributed by atoms with Gasteiger partial charge in [0.15, 0.2) is 0 Å². The maximum Gasteiger partial charge on any atom is 0.394 e. The zero-order valence-electron chi connectivity index (χ0n) is 12.4. The van der Waals surface area contributed by atoms with Crippen molar-refractivity contribution in [2.24, 2.45) is 0 Å². The molecule has 0 amide bonds. The molecule has 10 heteroatoms. The molecule has 0 unspecified atom stereocenters. The van der Waals surface area contributed by atoms with Gasteiger partial charge in [-0.3, -0.25) is 9.11 Å². The molecule has 0 aromatic carbocycles. The molecule has 0 fully saturated rings. The third kappa shape index (κ3) is 5.76. The Morgan fingerprint density at radius 1 is 1.41 bits per heavy atom. The summed E-state index contributed by atoms with van der Waals surface area (Å²) in [5, 5.41) is 0.429. The minimum absolute atomic E-state index is 0.310. The van der Waals surface area contributed by atoms with Crippen LogP contribution in [0, 0.1) is 0 Å². The van der Waals surface area contributed by atoms with Gasteiger partial charge in [0.05, 0.1) is 18.3 Å². The molecule has 124 valence electrons. The van der Waals surface area contributed by atoms with E-state index in [1.807, 2.05) is 4.40 Å². The Balaban J connectivity index is 0.000000422. The fraction of sp³-hybridized carbons (Fsp3) is 0.500. The average Bonchev–Trinajstić information content (AvgIpc) is 2.77. The SMILES string of the molecule is CCCOc1nc(Cl)cc2cnc(C(C)C)n12.O=S(=O)(O)O. The molecule has 2 rings (SSSR count). The molecule has 0 aliphatic rings. The van der Waals surface area contributed by atoms with Gasteiger partial charge in [-0.25, -0.2) is 9.38 Å². The third-order valence-electron chi connectivity index (χ3n) is 2.43. The number of ether oxygens (including phenoxy) is 1. The number of imidazole rings is 1. The van der Waals surface area contributed by atoms with Crippen LogP contribution < -0.4 is 4.74 Å². The highest BCUT2D eigenvalue weighted by Crippen LogP contribution is 2.23. The van der Waals surface area contributed by atoms with Crippen LogP contribution in [-0.2, 0) is 10.4 Å². The predicted molar refractivity (Wildman–Crippen MR) is 82.0 cm³/mol. The topological polar surface area (TPSA) is 114 Å². The number of aromatic nitrogens is 3. The van der Waals surface area contributed by atoms with Crippen LogP contribution in [0.5, 0.6) is 6.01 Å². The molecule has 2 N–H and O–H groups in total. The van der Waals surface area contributed by atoms with Crippen molar-refractivity contribution in [2.75, 3.05) is 6.61 Å². The lowest BCUT2D eigenvalue weighted by atomic mass is 10.2. The van der Waals surface area contributed by atoms with Crippen LogP contribution >= 0.6 is 11.6 Å². The minimum Gasteiger partial charge on any atom is -0.464 e. The highest BCUT2D eigenvalue weighted by molar-refractivity contribution is 7.79. The van der Waals surface area contributed by atoms with Crippen LogP contribution in [0.25, 0.3) is 5.52 Å². The third-order valence-corrected chi connectivity index (χ3v) is 2.62. The summed E-state index contributed by atoms with van der Waals surface area (Å²) in [6.07, 6.45) is 2.73. The number of rotatable bonds is 4. The fourth-order valence-corrected chi connectivity index (χ4v) is 1.87. The molecule has 0 saturated heterocycles. The Bertz CT molecular complexity index is 722. The lowest BCUT2D eigenvalue weighted by Crippen LogP contribution is -2.06. The van der Waals surface area contributed by atoms with Gasteiger partial charge in [0.1, 0.15) is 11.0 Å². The van der Waals surface area contributed by atoms with Gasteiger partial charge in [0.2, 0.25) is 0 Å².